The van der Waals surface area contributed by atoms with E-state index in [1.54, 1.807) is 0 Å². The van der Waals surface area contributed by atoms with Crippen LogP contribution in [0.25, 0.3) is 0 Å². The van der Waals surface area contributed by atoms with Crippen molar-refractivity contribution in [1.82, 2.24) is 9.97 Å². The summed E-state index contributed by atoms with van der Waals surface area (Å²) in [6.45, 7) is 1.50. The Morgan fingerprint density at radius 1 is 1.42 bits per heavy atom. The van der Waals surface area contributed by atoms with Crippen LogP contribution in [0.2, 0.25) is 0 Å². The highest BCUT2D eigenvalue weighted by Crippen LogP contribution is 2.30. The van der Waals surface area contributed by atoms with Gasteiger partial charge in [-0.15, -0.1) is 0 Å². The van der Waals surface area contributed by atoms with Crippen molar-refractivity contribution in [2.24, 2.45) is 0 Å². The molecule has 0 aliphatic carbocycles. The Labute approximate surface area is 67.5 Å². The Morgan fingerprint density at radius 2 is 2.08 bits per heavy atom. The van der Waals surface area contributed by atoms with E-state index >= 15 is 0 Å². The molecule has 0 unspecified atom stereocenters. The van der Waals surface area contributed by atoms with Crippen molar-refractivity contribution in [3.63, 3.8) is 0 Å². The Bertz CT molecular complexity index is 270. The fourth-order valence-corrected chi connectivity index (χ4v) is 0.788. The maximum absolute atomic E-state index is 12.1. The number of alkyl halides is 3. The van der Waals surface area contributed by atoms with Gasteiger partial charge in [0.15, 0.2) is 0 Å². The topological polar surface area (TPSA) is 25.8 Å². The van der Waals surface area contributed by atoms with Gasteiger partial charge in [-0.1, -0.05) is 6.92 Å². The lowest BCUT2D eigenvalue weighted by atomic mass is 10.2. The average molecular weight is 175 g/mol. The number of hydrogen-bond donors (Lipinski definition) is 0. The molecular formula is C7H6F3N2. The van der Waals surface area contributed by atoms with Crippen molar-refractivity contribution < 1.29 is 13.2 Å². The van der Waals surface area contributed by atoms with Gasteiger partial charge >= 0.3 is 6.18 Å². The molecule has 0 amide bonds. The van der Waals surface area contributed by atoms with Crippen LogP contribution in [0.15, 0.2) is 12.5 Å². The van der Waals surface area contributed by atoms with Crippen molar-refractivity contribution in [2.75, 3.05) is 0 Å². The van der Waals surface area contributed by atoms with E-state index in [1.165, 1.54) is 13.3 Å². The van der Waals surface area contributed by atoms with E-state index in [-0.39, 0.29) is 5.69 Å². The van der Waals surface area contributed by atoms with Gasteiger partial charge in [-0.2, -0.15) is 13.2 Å². The molecule has 0 aromatic carbocycles. The summed E-state index contributed by atoms with van der Waals surface area (Å²) in [7, 11) is 0. The summed E-state index contributed by atoms with van der Waals surface area (Å²) in [5.41, 5.74) is -0.884. The summed E-state index contributed by atoms with van der Waals surface area (Å²) < 4.78 is 36.4. The lowest BCUT2D eigenvalue weighted by molar-refractivity contribution is -0.138. The highest BCUT2D eigenvalue weighted by Gasteiger charge is 2.33. The molecule has 5 heteroatoms. The molecular weight excluding hydrogens is 169 g/mol. The largest absolute Gasteiger partial charge is 0.419 e. The van der Waals surface area contributed by atoms with Crippen molar-refractivity contribution >= 4 is 0 Å². The van der Waals surface area contributed by atoms with E-state index in [4.69, 9.17) is 0 Å². The Balaban J connectivity index is 3.14. The number of nitrogens with zero attached hydrogens (tertiary/aromatic N) is 2. The maximum Gasteiger partial charge on any atom is 0.419 e. The zero-order valence-electron chi connectivity index (χ0n) is 6.26. The van der Waals surface area contributed by atoms with E-state index in [0.717, 1.165) is 12.5 Å². The van der Waals surface area contributed by atoms with Gasteiger partial charge in [0.2, 0.25) is 0 Å². The molecule has 0 atom stereocenters. The third kappa shape index (κ3) is 1.72. The van der Waals surface area contributed by atoms with Crippen LogP contribution >= 0.6 is 0 Å². The standard InChI is InChI=1S/C7H6F3N2/c1-2-6-5(7(8,9)10)3-11-4-12-6/h2-4H,1H3. The molecule has 0 spiro atoms. The number of aromatic nitrogens is 2. The van der Waals surface area contributed by atoms with Crippen LogP contribution in [0.4, 0.5) is 13.2 Å². The fraction of sp³-hybridized carbons (Fsp3) is 0.286. The molecule has 0 bridgehead atoms. The molecule has 0 saturated carbocycles. The van der Waals surface area contributed by atoms with Gasteiger partial charge in [0.1, 0.15) is 6.33 Å². The highest BCUT2D eigenvalue weighted by atomic mass is 19.4. The molecule has 0 N–H and O–H groups in total. The normalized spacial score (nSPS) is 11.7. The third-order valence-corrected chi connectivity index (χ3v) is 1.32. The summed E-state index contributed by atoms with van der Waals surface area (Å²) in [6, 6.07) is 0. The van der Waals surface area contributed by atoms with Crippen molar-refractivity contribution in [2.45, 2.75) is 13.1 Å². The zero-order valence-corrected chi connectivity index (χ0v) is 6.26. The molecule has 0 fully saturated rings. The predicted molar refractivity (Wildman–Crippen MR) is 36.1 cm³/mol. The molecule has 1 heterocycles. The zero-order chi connectivity index (χ0) is 9.19. The first-order valence-corrected chi connectivity index (χ1v) is 3.22. The number of hydrogen-bond acceptors (Lipinski definition) is 2. The maximum atomic E-state index is 12.1. The first kappa shape index (κ1) is 8.96. The van der Waals surface area contributed by atoms with Crippen LogP contribution in [0.3, 0.4) is 0 Å². The Hall–Kier alpha value is -1.13. The fourth-order valence-electron chi connectivity index (χ4n) is 0.788. The first-order chi connectivity index (χ1) is 5.55. The van der Waals surface area contributed by atoms with E-state index in [0.29, 0.717) is 0 Å². The molecule has 0 aliphatic rings. The minimum atomic E-state index is -4.37. The van der Waals surface area contributed by atoms with Crippen LogP contribution in [-0.4, -0.2) is 9.97 Å². The second-order valence-electron chi connectivity index (χ2n) is 2.11. The molecule has 1 aromatic heterocycles. The second-order valence-corrected chi connectivity index (χ2v) is 2.11. The lowest BCUT2D eigenvalue weighted by Crippen LogP contribution is -2.10. The summed E-state index contributed by atoms with van der Waals surface area (Å²) in [4.78, 5) is 6.79. The van der Waals surface area contributed by atoms with E-state index in [2.05, 4.69) is 9.97 Å². The summed E-state index contributed by atoms with van der Waals surface area (Å²) >= 11 is 0. The summed E-state index contributed by atoms with van der Waals surface area (Å²) in [5.74, 6) is 0. The van der Waals surface area contributed by atoms with Crippen LogP contribution in [0.1, 0.15) is 18.2 Å². The summed E-state index contributed by atoms with van der Waals surface area (Å²) in [6.07, 6.45) is -1.22. The van der Waals surface area contributed by atoms with Crippen molar-refractivity contribution in [3.05, 3.63) is 30.2 Å². The molecule has 2 nitrogen and oxygen atoms in total. The quantitative estimate of drug-likeness (QED) is 0.652. The van der Waals surface area contributed by atoms with E-state index in [9.17, 15) is 13.2 Å². The van der Waals surface area contributed by atoms with E-state index < -0.39 is 11.7 Å². The molecule has 1 aromatic rings. The van der Waals surface area contributed by atoms with Gasteiger partial charge in [-0.25, -0.2) is 9.97 Å². The molecule has 1 radical (unpaired) electrons. The van der Waals surface area contributed by atoms with Gasteiger partial charge in [0.25, 0.3) is 0 Å². The van der Waals surface area contributed by atoms with Crippen molar-refractivity contribution in [1.29, 1.82) is 0 Å². The second kappa shape index (κ2) is 3.08. The highest BCUT2D eigenvalue weighted by molar-refractivity contribution is 5.24. The van der Waals surface area contributed by atoms with Crippen LogP contribution in [-0.2, 0) is 6.18 Å². The van der Waals surface area contributed by atoms with Gasteiger partial charge in [-0.05, 0) is 0 Å². The minimum Gasteiger partial charge on any atom is -0.244 e. The van der Waals surface area contributed by atoms with Crippen LogP contribution in [0, 0.1) is 6.42 Å². The van der Waals surface area contributed by atoms with Crippen molar-refractivity contribution in [3.8, 4) is 0 Å². The third-order valence-electron chi connectivity index (χ3n) is 1.32. The monoisotopic (exact) mass is 175 g/mol. The minimum absolute atomic E-state index is 0.0856. The van der Waals surface area contributed by atoms with Crippen LogP contribution < -0.4 is 0 Å². The number of halogens is 3. The lowest BCUT2D eigenvalue weighted by Gasteiger charge is -2.08. The number of rotatable bonds is 1. The first-order valence-electron chi connectivity index (χ1n) is 3.22. The Kier molecular flexibility index (Phi) is 2.30. The molecule has 65 valence electrons. The molecule has 0 saturated heterocycles. The summed E-state index contributed by atoms with van der Waals surface area (Å²) in [5, 5.41) is 0. The molecule has 1 rings (SSSR count). The smallest absolute Gasteiger partial charge is 0.244 e. The van der Waals surface area contributed by atoms with Gasteiger partial charge in [-0.3, -0.25) is 0 Å². The predicted octanol–water partition coefficient (Wildman–Crippen LogP) is 2.07. The van der Waals surface area contributed by atoms with E-state index in [1.807, 2.05) is 0 Å². The SMILES string of the molecule is C[CH]c1ncncc1C(F)(F)F. The van der Waals surface area contributed by atoms with Crippen LogP contribution in [0.5, 0.6) is 0 Å². The molecule has 12 heavy (non-hydrogen) atoms. The average Bonchev–Trinajstić information content (AvgIpc) is 2.03. The Morgan fingerprint density at radius 3 is 2.50 bits per heavy atom. The molecule has 0 aliphatic heterocycles. The van der Waals surface area contributed by atoms with Gasteiger partial charge < -0.3 is 0 Å². The van der Waals surface area contributed by atoms with Gasteiger partial charge in [0, 0.05) is 12.6 Å². The van der Waals surface area contributed by atoms with Gasteiger partial charge in [0.05, 0.1) is 11.3 Å².